The molecule has 0 unspecified atom stereocenters. The molecule has 0 bridgehead atoms. The number of hydrogen-bond acceptors (Lipinski definition) is 4. The molecular formula is C21H20Cl2N4O3. The molecular weight excluding hydrogens is 427 g/mol. The third-order valence-corrected chi connectivity index (χ3v) is 4.45. The molecule has 9 heteroatoms. The van der Waals surface area contributed by atoms with Gasteiger partial charge in [0.2, 0.25) is 17.7 Å². The number of amides is 3. The Morgan fingerprint density at radius 3 is 2.23 bits per heavy atom. The van der Waals surface area contributed by atoms with E-state index in [4.69, 9.17) is 28.5 Å². The maximum absolute atomic E-state index is 12.6. The fraction of sp³-hybridized carbons (Fsp3) is 0.238. The second-order valence-corrected chi connectivity index (χ2v) is 7.29. The van der Waals surface area contributed by atoms with Crippen molar-refractivity contribution in [3.05, 3.63) is 69.7 Å². The van der Waals surface area contributed by atoms with Crippen molar-refractivity contribution in [3.8, 4) is 6.07 Å². The Kier molecular flexibility index (Phi) is 9.13. The lowest BCUT2D eigenvalue weighted by atomic mass is 10.0. The van der Waals surface area contributed by atoms with E-state index in [0.717, 1.165) is 5.56 Å². The number of hydrogen-bond donors (Lipinski definition) is 3. The molecule has 0 aliphatic heterocycles. The molecule has 2 aromatic rings. The van der Waals surface area contributed by atoms with Gasteiger partial charge in [-0.1, -0.05) is 53.5 Å². The Bertz CT molecular complexity index is 925. The number of carbonyl (C=O) groups is 3. The van der Waals surface area contributed by atoms with Crippen LogP contribution < -0.4 is 16.0 Å². The number of rotatable bonds is 9. The van der Waals surface area contributed by atoms with Gasteiger partial charge >= 0.3 is 0 Å². The molecule has 30 heavy (non-hydrogen) atoms. The number of nitrogens with one attached hydrogen (secondary N) is 3. The zero-order valence-corrected chi connectivity index (χ0v) is 17.5. The number of nitrogens with zero attached hydrogens (tertiary/aromatic N) is 1. The highest BCUT2D eigenvalue weighted by Crippen LogP contribution is 2.19. The van der Waals surface area contributed by atoms with E-state index in [9.17, 15) is 14.4 Å². The molecule has 0 aromatic heterocycles. The van der Waals surface area contributed by atoms with Crippen LogP contribution in [0.5, 0.6) is 0 Å². The van der Waals surface area contributed by atoms with Crippen LogP contribution in [0.2, 0.25) is 10.0 Å². The first-order valence-electron chi connectivity index (χ1n) is 9.07. The number of nitriles is 1. The Balaban J connectivity index is 2.04. The van der Waals surface area contributed by atoms with E-state index < -0.39 is 23.8 Å². The first-order valence-corrected chi connectivity index (χ1v) is 9.82. The predicted octanol–water partition coefficient (Wildman–Crippen LogP) is 2.02. The number of carbonyl (C=O) groups excluding carboxylic acids is 3. The van der Waals surface area contributed by atoms with Gasteiger partial charge in [0.15, 0.2) is 0 Å². The third-order valence-electron chi connectivity index (χ3n) is 4.01. The van der Waals surface area contributed by atoms with Crippen LogP contribution in [0, 0.1) is 11.3 Å². The second kappa shape index (κ2) is 11.8. The van der Waals surface area contributed by atoms with E-state index in [1.165, 1.54) is 0 Å². The molecule has 0 saturated heterocycles. The summed E-state index contributed by atoms with van der Waals surface area (Å²) < 4.78 is 0. The van der Waals surface area contributed by atoms with Crippen molar-refractivity contribution < 1.29 is 14.4 Å². The molecule has 0 radical (unpaired) electrons. The van der Waals surface area contributed by atoms with Gasteiger partial charge in [-0.25, -0.2) is 0 Å². The van der Waals surface area contributed by atoms with E-state index in [1.54, 1.807) is 24.3 Å². The summed E-state index contributed by atoms with van der Waals surface area (Å²) in [7, 11) is 0. The van der Waals surface area contributed by atoms with Crippen LogP contribution in [0.3, 0.4) is 0 Å². The smallest absolute Gasteiger partial charge is 0.243 e. The van der Waals surface area contributed by atoms with Crippen molar-refractivity contribution in [2.75, 3.05) is 13.1 Å². The Morgan fingerprint density at radius 2 is 1.60 bits per heavy atom. The van der Waals surface area contributed by atoms with Crippen molar-refractivity contribution in [3.63, 3.8) is 0 Å². The summed E-state index contributed by atoms with van der Waals surface area (Å²) in [4.78, 5) is 36.8. The standard InChI is InChI=1S/C21H20Cl2N4O3/c22-16-8-15(9-17(23)12-16)11-19(28)27-18(10-14-4-2-1-3-5-14)21(30)26-13-20(29)25-7-6-24/h1-5,8-9,12,18H,7,10-11,13H2,(H,25,29)(H,26,30)(H,27,28)/t18-/m0/s1. The van der Waals surface area contributed by atoms with Crippen molar-refractivity contribution >= 4 is 40.9 Å². The first-order chi connectivity index (χ1) is 14.4. The van der Waals surface area contributed by atoms with E-state index in [-0.39, 0.29) is 25.9 Å². The monoisotopic (exact) mass is 446 g/mol. The van der Waals surface area contributed by atoms with Crippen molar-refractivity contribution in [2.24, 2.45) is 0 Å². The first kappa shape index (κ1) is 23.2. The molecule has 3 N–H and O–H groups in total. The molecule has 7 nitrogen and oxygen atoms in total. The predicted molar refractivity (Wildman–Crippen MR) is 114 cm³/mol. The number of halogens is 2. The molecule has 3 amide bonds. The highest BCUT2D eigenvalue weighted by atomic mass is 35.5. The van der Waals surface area contributed by atoms with E-state index in [2.05, 4.69) is 16.0 Å². The summed E-state index contributed by atoms with van der Waals surface area (Å²) in [6.45, 7) is -0.452. The van der Waals surface area contributed by atoms with Gasteiger partial charge < -0.3 is 16.0 Å². The molecule has 0 spiro atoms. The summed E-state index contributed by atoms with van der Waals surface area (Å²) in [5.74, 6) is -1.40. The zero-order chi connectivity index (χ0) is 21.9. The van der Waals surface area contributed by atoms with Gasteiger partial charge in [-0.2, -0.15) is 5.26 Å². The van der Waals surface area contributed by atoms with Crippen LogP contribution >= 0.6 is 23.2 Å². The van der Waals surface area contributed by atoms with Gasteiger partial charge in [0.05, 0.1) is 19.0 Å². The fourth-order valence-corrected chi connectivity index (χ4v) is 3.27. The molecule has 2 rings (SSSR count). The molecule has 156 valence electrons. The summed E-state index contributed by atoms with van der Waals surface area (Å²) in [5, 5.41) is 16.8. The van der Waals surface area contributed by atoms with Gasteiger partial charge in [-0.15, -0.1) is 0 Å². The average Bonchev–Trinajstić information content (AvgIpc) is 2.69. The van der Waals surface area contributed by atoms with Gasteiger partial charge in [-0.3, -0.25) is 14.4 Å². The van der Waals surface area contributed by atoms with Gasteiger partial charge in [0, 0.05) is 16.5 Å². The van der Waals surface area contributed by atoms with E-state index in [1.807, 2.05) is 30.3 Å². The minimum atomic E-state index is -0.890. The Hall–Kier alpha value is -3.08. The van der Waals surface area contributed by atoms with Gasteiger partial charge in [0.1, 0.15) is 12.6 Å². The lowest BCUT2D eigenvalue weighted by Crippen LogP contribution is -2.50. The van der Waals surface area contributed by atoms with Crippen LogP contribution in [0.1, 0.15) is 11.1 Å². The normalized spacial score (nSPS) is 11.1. The Morgan fingerprint density at radius 1 is 0.933 bits per heavy atom. The lowest BCUT2D eigenvalue weighted by molar-refractivity contribution is -0.130. The molecule has 0 heterocycles. The van der Waals surface area contributed by atoms with Crippen LogP contribution in [0.25, 0.3) is 0 Å². The minimum absolute atomic E-state index is 0.0124. The fourth-order valence-electron chi connectivity index (χ4n) is 2.69. The van der Waals surface area contributed by atoms with E-state index in [0.29, 0.717) is 15.6 Å². The summed E-state index contributed by atoms with van der Waals surface area (Å²) in [6, 6.07) is 14.9. The Labute approximate surface area is 184 Å². The zero-order valence-electron chi connectivity index (χ0n) is 16.0. The molecule has 0 saturated carbocycles. The SMILES string of the molecule is N#CCNC(=O)CNC(=O)[C@H](Cc1ccccc1)NC(=O)Cc1cc(Cl)cc(Cl)c1. The molecule has 0 aliphatic carbocycles. The largest absolute Gasteiger partial charge is 0.345 e. The van der Waals surface area contributed by atoms with Crippen LogP contribution in [-0.4, -0.2) is 36.9 Å². The topological polar surface area (TPSA) is 111 Å². The number of benzene rings is 2. The second-order valence-electron chi connectivity index (χ2n) is 6.42. The summed E-state index contributed by atoms with van der Waals surface area (Å²) >= 11 is 11.9. The molecule has 2 aromatic carbocycles. The third kappa shape index (κ3) is 8.11. The average molecular weight is 447 g/mol. The van der Waals surface area contributed by atoms with E-state index >= 15 is 0 Å². The summed E-state index contributed by atoms with van der Waals surface area (Å²) in [6.07, 6.45) is 0.232. The highest BCUT2D eigenvalue weighted by Gasteiger charge is 2.22. The minimum Gasteiger partial charge on any atom is -0.345 e. The van der Waals surface area contributed by atoms with Crippen LogP contribution in [0.4, 0.5) is 0 Å². The maximum atomic E-state index is 12.6. The van der Waals surface area contributed by atoms with Crippen LogP contribution in [0.15, 0.2) is 48.5 Å². The van der Waals surface area contributed by atoms with Gasteiger partial charge in [0.25, 0.3) is 0 Å². The van der Waals surface area contributed by atoms with Crippen molar-refractivity contribution in [2.45, 2.75) is 18.9 Å². The summed E-state index contributed by atoms with van der Waals surface area (Å²) in [5.41, 5.74) is 1.46. The van der Waals surface area contributed by atoms with Crippen molar-refractivity contribution in [1.29, 1.82) is 5.26 Å². The highest BCUT2D eigenvalue weighted by molar-refractivity contribution is 6.34. The molecule has 0 fully saturated rings. The lowest BCUT2D eigenvalue weighted by Gasteiger charge is -2.19. The van der Waals surface area contributed by atoms with Gasteiger partial charge in [-0.05, 0) is 29.3 Å². The molecule has 0 aliphatic rings. The van der Waals surface area contributed by atoms with Crippen molar-refractivity contribution in [1.82, 2.24) is 16.0 Å². The quantitative estimate of drug-likeness (QED) is 0.511. The molecule has 1 atom stereocenters. The van der Waals surface area contributed by atoms with Crippen LogP contribution in [-0.2, 0) is 27.2 Å². The maximum Gasteiger partial charge on any atom is 0.243 e.